The summed E-state index contributed by atoms with van der Waals surface area (Å²) in [5.41, 5.74) is -0.427. The number of aromatic nitrogens is 1. The average Bonchev–Trinajstić information content (AvgIpc) is 3.12. The first-order valence-corrected chi connectivity index (χ1v) is 6.78. The standard InChI is InChI=1S/C14H8F2N2O2S/c15-8-3-1-4-9(16)12(8)18-13(19)10-7-21-14(17-10)11-5-2-6-20-11/h1-7H,(H,18,19). The number of para-hydroxylation sites is 1. The van der Waals surface area contributed by atoms with Crippen LogP contribution in [-0.2, 0) is 0 Å². The third kappa shape index (κ3) is 2.68. The maximum atomic E-state index is 13.5. The van der Waals surface area contributed by atoms with Gasteiger partial charge in [-0.1, -0.05) is 6.07 Å². The molecule has 0 aliphatic heterocycles. The van der Waals surface area contributed by atoms with E-state index in [1.165, 1.54) is 29.0 Å². The Balaban J connectivity index is 1.83. The van der Waals surface area contributed by atoms with Crippen LogP contribution in [0.1, 0.15) is 10.5 Å². The first-order valence-electron chi connectivity index (χ1n) is 5.90. The van der Waals surface area contributed by atoms with E-state index in [1.54, 1.807) is 12.1 Å². The smallest absolute Gasteiger partial charge is 0.275 e. The summed E-state index contributed by atoms with van der Waals surface area (Å²) >= 11 is 1.20. The summed E-state index contributed by atoms with van der Waals surface area (Å²) < 4.78 is 32.1. The Morgan fingerprint density at radius 3 is 2.62 bits per heavy atom. The Bertz CT molecular complexity index is 764. The van der Waals surface area contributed by atoms with Crippen molar-refractivity contribution in [3.8, 4) is 10.8 Å². The van der Waals surface area contributed by atoms with Gasteiger partial charge in [0.25, 0.3) is 5.91 Å². The van der Waals surface area contributed by atoms with E-state index in [9.17, 15) is 13.6 Å². The molecule has 3 aromatic rings. The van der Waals surface area contributed by atoms with Crippen molar-refractivity contribution < 1.29 is 18.0 Å². The number of carbonyl (C=O) groups is 1. The van der Waals surface area contributed by atoms with Gasteiger partial charge in [0.05, 0.1) is 6.26 Å². The minimum atomic E-state index is -0.843. The van der Waals surface area contributed by atoms with E-state index in [-0.39, 0.29) is 5.69 Å². The van der Waals surface area contributed by atoms with Gasteiger partial charge in [-0.3, -0.25) is 4.79 Å². The summed E-state index contributed by atoms with van der Waals surface area (Å²) in [5, 5.41) is 4.18. The second-order valence-electron chi connectivity index (χ2n) is 4.07. The first kappa shape index (κ1) is 13.4. The Morgan fingerprint density at radius 1 is 1.19 bits per heavy atom. The highest BCUT2D eigenvalue weighted by molar-refractivity contribution is 7.13. The Labute approximate surface area is 122 Å². The lowest BCUT2D eigenvalue weighted by Crippen LogP contribution is -2.14. The molecule has 1 N–H and O–H groups in total. The van der Waals surface area contributed by atoms with Crippen LogP contribution in [0.2, 0.25) is 0 Å². The van der Waals surface area contributed by atoms with Gasteiger partial charge in [0, 0.05) is 5.38 Å². The molecule has 4 nitrogen and oxygen atoms in total. The number of nitrogens with one attached hydrogen (secondary N) is 1. The third-order valence-corrected chi connectivity index (χ3v) is 3.53. The van der Waals surface area contributed by atoms with Crippen LogP contribution in [0.3, 0.4) is 0 Å². The van der Waals surface area contributed by atoms with Crippen LogP contribution in [0.4, 0.5) is 14.5 Å². The predicted octanol–water partition coefficient (Wildman–Crippen LogP) is 3.93. The number of hydrogen-bond donors (Lipinski definition) is 1. The Kier molecular flexibility index (Phi) is 3.49. The molecular formula is C14H8F2N2O2S. The molecule has 3 rings (SSSR count). The van der Waals surface area contributed by atoms with Gasteiger partial charge < -0.3 is 9.73 Å². The van der Waals surface area contributed by atoms with Gasteiger partial charge in [-0.05, 0) is 24.3 Å². The number of hydrogen-bond acceptors (Lipinski definition) is 4. The van der Waals surface area contributed by atoms with Crippen LogP contribution in [-0.4, -0.2) is 10.9 Å². The molecule has 106 valence electrons. The highest BCUT2D eigenvalue weighted by Gasteiger charge is 2.17. The summed E-state index contributed by atoms with van der Waals surface area (Å²) in [6.07, 6.45) is 1.49. The van der Waals surface area contributed by atoms with Crippen LogP contribution in [0, 0.1) is 11.6 Å². The van der Waals surface area contributed by atoms with Crippen LogP contribution >= 0.6 is 11.3 Å². The van der Waals surface area contributed by atoms with E-state index in [0.717, 1.165) is 12.1 Å². The highest BCUT2D eigenvalue weighted by Crippen LogP contribution is 2.25. The molecule has 0 aliphatic carbocycles. The first-order chi connectivity index (χ1) is 10.1. The van der Waals surface area contributed by atoms with Gasteiger partial charge in [0.1, 0.15) is 23.0 Å². The van der Waals surface area contributed by atoms with Crippen LogP contribution in [0.15, 0.2) is 46.4 Å². The number of halogens is 2. The fourth-order valence-corrected chi connectivity index (χ4v) is 2.45. The van der Waals surface area contributed by atoms with Gasteiger partial charge in [0.2, 0.25) is 0 Å². The van der Waals surface area contributed by atoms with Crippen molar-refractivity contribution >= 4 is 22.9 Å². The van der Waals surface area contributed by atoms with Gasteiger partial charge in [-0.15, -0.1) is 11.3 Å². The van der Waals surface area contributed by atoms with Gasteiger partial charge in [-0.25, -0.2) is 13.8 Å². The molecule has 7 heteroatoms. The molecule has 0 spiro atoms. The van der Waals surface area contributed by atoms with Crippen molar-refractivity contribution in [1.29, 1.82) is 0 Å². The lowest BCUT2D eigenvalue weighted by Gasteiger charge is -2.05. The number of carbonyl (C=O) groups excluding carboxylic acids is 1. The van der Waals surface area contributed by atoms with Crippen LogP contribution in [0.25, 0.3) is 10.8 Å². The lowest BCUT2D eigenvalue weighted by atomic mass is 10.3. The average molecular weight is 306 g/mol. The zero-order valence-electron chi connectivity index (χ0n) is 10.5. The SMILES string of the molecule is O=C(Nc1c(F)cccc1F)c1csc(-c2ccco2)n1. The van der Waals surface area contributed by atoms with E-state index in [2.05, 4.69) is 10.3 Å². The van der Waals surface area contributed by atoms with Crippen LogP contribution in [0.5, 0.6) is 0 Å². The molecule has 2 aromatic heterocycles. The molecule has 0 saturated carbocycles. The monoisotopic (exact) mass is 306 g/mol. The molecule has 1 amide bonds. The molecule has 0 saturated heterocycles. The number of nitrogens with zero attached hydrogens (tertiary/aromatic N) is 1. The molecule has 0 fully saturated rings. The number of thiazole rings is 1. The molecule has 0 atom stereocenters. The Hall–Kier alpha value is -2.54. The third-order valence-electron chi connectivity index (χ3n) is 2.67. The van der Waals surface area contributed by atoms with E-state index in [0.29, 0.717) is 10.8 Å². The maximum Gasteiger partial charge on any atom is 0.275 e. The summed E-state index contributed by atoms with van der Waals surface area (Å²) in [6.45, 7) is 0. The summed E-state index contributed by atoms with van der Waals surface area (Å²) in [4.78, 5) is 16.0. The van der Waals surface area contributed by atoms with E-state index >= 15 is 0 Å². The molecular weight excluding hydrogens is 298 g/mol. The summed E-state index contributed by atoms with van der Waals surface area (Å²) in [5.74, 6) is -1.85. The lowest BCUT2D eigenvalue weighted by molar-refractivity contribution is 0.102. The summed E-state index contributed by atoms with van der Waals surface area (Å²) in [7, 11) is 0. The van der Waals surface area contributed by atoms with Gasteiger partial charge in [0.15, 0.2) is 10.8 Å². The second-order valence-corrected chi connectivity index (χ2v) is 4.92. The molecule has 21 heavy (non-hydrogen) atoms. The summed E-state index contributed by atoms with van der Waals surface area (Å²) in [6, 6.07) is 6.75. The number of rotatable bonds is 3. The minimum Gasteiger partial charge on any atom is -0.462 e. The Morgan fingerprint density at radius 2 is 1.95 bits per heavy atom. The van der Waals surface area contributed by atoms with Gasteiger partial charge in [-0.2, -0.15) is 0 Å². The molecule has 1 aromatic carbocycles. The second kappa shape index (κ2) is 5.45. The normalized spacial score (nSPS) is 10.6. The van der Waals surface area contributed by atoms with E-state index in [1.807, 2.05) is 0 Å². The molecule has 0 unspecified atom stereocenters. The fraction of sp³-hybridized carbons (Fsp3) is 0. The topological polar surface area (TPSA) is 55.1 Å². The quantitative estimate of drug-likeness (QED) is 0.797. The zero-order valence-corrected chi connectivity index (χ0v) is 11.3. The molecule has 2 heterocycles. The number of amides is 1. The highest BCUT2D eigenvalue weighted by atomic mass is 32.1. The van der Waals surface area contributed by atoms with Crippen LogP contribution < -0.4 is 5.32 Å². The number of benzene rings is 1. The van der Waals surface area contributed by atoms with Crippen molar-refractivity contribution in [3.05, 3.63) is 59.3 Å². The number of furan rings is 1. The number of anilines is 1. The van der Waals surface area contributed by atoms with Crippen molar-refractivity contribution in [2.24, 2.45) is 0 Å². The van der Waals surface area contributed by atoms with Crippen molar-refractivity contribution in [1.82, 2.24) is 4.98 Å². The fourth-order valence-electron chi connectivity index (χ4n) is 1.69. The van der Waals surface area contributed by atoms with E-state index < -0.39 is 23.2 Å². The van der Waals surface area contributed by atoms with Gasteiger partial charge >= 0.3 is 0 Å². The molecule has 0 bridgehead atoms. The maximum absolute atomic E-state index is 13.5. The molecule has 0 aliphatic rings. The van der Waals surface area contributed by atoms with Crippen molar-refractivity contribution in [2.75, 3.05) is 5.32 Å². The zero-order chi connectivity index (χ0) is 14.8. The largest absolute Gasteiger partial charge is 0.462 e. The predicted molar refractivity (Wildman–Crippen MR) is 74.1 cm³/mol. The van der Waals surface area contributed by atoms with E-state index in [4.69, 9.17) is 4.42 Å². The van der Waals surface area contributed by atoms with Crippen molar-refractivity contribution in [3.63, 3.8) is 0 Å². The van der Waals surface area contributed by atoms with Crippen molar-refractivity contribution in [2.45, 2.75) is 0 Å². The molecule has 0 radical (unpaired) electrons. The minimum absolute atomic E-state index is 0.0639.